The second-order valence-corrected chi connectivity index (χ2v) is 12.7. The molecule has 0 unspecified atom stereocenters. The summed E-state index contributed by atoms with van der Waals surface area (Å²) >= 11 is 0. The number of ether oxygens (including phenoxy) is 2. The van der Waals surface area contributed by atoms with Crippen molar-refractivity contribution in [1.29, 1.82) is 0 Å². The normalized spacial score (nSPS) is 16.5. The molecule has 232 valence electrons. The molecular formula is C33H43FN4O5. The number of halogens is 1. The monoisotopic (exact) mass is 594 g/mol. The first-order chi connectivity index (χ1) is 20.4. The zero-order chi connectivity index (χ0) is 31.1. The number of pyridine rings is 1. The van der Waals surface area contributed by atoms with Gasteiger partial charge < -0.3 is 29.4 Å². The molecule has 2 aliphatic rings. The van der Waals surface area contributed by atoms with E-state index in [-0.39, 0.29) is 11.7 Å². The Balaban J connectivity index is 1.67. The van der Waals surface area contributed by atoms with Crippen molar-refractivity contribution in [2.75, 3.05) is 32.8 Å². The van der Waals surface area contributed by atoms with E-state index >= 15 is 4.39 Å². The Morgan fingerprint density at radius 1 is 1.16 bits per heavy atom. The Morgan fingerprint density at radius 2 is 1.88 bits per heavy atom. The molecule has 5 rings (SSSR count). The van der Waals surface area contributed by atoms with Gasteiger partial charge in [0.05, 0.1) is 12.2 Å². The summed E-state index contributed by atoms with van der Waals surface area (Å²) in [5, 5.41) is 14.0. The molecule has 1 saturated heterocycles. The maximum atomic E-state index is 15.6. The third-order valence-electron chi connectivity index (χ3n) is 8.46. The van der Waals surface area contributed by atoms with Gasteiger partial charge in [0.15, 0.2) is 17.7 Å². The van der Waals surface area contributed by atoms with Crippen LogP contribution in [0.3, 0.4) is 0 Å². The quantitative estimate of drug-likeness (QED) is 0.356. The number of carboxylic acids is 1. The van der Waals surface area contributed by atoms with Crippen molar-refractivity contribution in [3.63, 3.8) is 0 Å². The number of amides is 1. The van der Waals surface area contributed by atoms with Gasteiger partial charge in [0.25, 0.3) is 5.91 Å². The third-order valence-corrected chi connectivity index (χ3v) is 8.46. The molecule has 2 N–H and O–H groups in total. The highest BCUT2D eigenvalue weighted by atomic mass is 19.1. The number of rotatable bonds is 8. The third kappa shape index (κ3) is 6.26. The highest BCUT2D eigenvalue weighted by Gasteiger charge is 2.35. The number of nitrogens with zero attached hydrogens (tertiary/aromatic N) is 3. The summed E-state index contributed by atoms with van der Waals surface area (Å²) in [6, 6.07) is 3.15. The van der Waals surface area contributed by atoms with Gasteiger partial charge in [-0.15, -0.1) is 0 Å². The van der Waals surface area contributed by atoms with Crippen LogP contribution < -0.4 is 10.1 Å². The minimum absolute atomic E-state index is 0.245. The van der Waals surface area contributed by atoms with Gasteiger partial charge in [-0.25, -0.2) is 14.2 Å². The lowest BCUT2D eigenvalue weighted by atomic mass is 9.86. The van der Waals surface area contributed by atoms with Crippen molar-refractivity contribution >= 4 is 22.9 Å². The van der Waals surface area contributed by atoms with E-state index in [2.05, 4.69) is 10.2 Å². The fraction of sp³-hybridized carbons (Fsp3) is 0.545. The molecule has 1 aromatic carbocycles. The number of carbonyl (C=O) groups is 2. The van der Waals surface area contributed by atoms with Gasteiger partial charge in [0.1, 0.15) is 11.3 Å². The highest BCUT2D eigenvalue weighted by Crippen LogP contribution is 2.44. The number of fused-ring (bicyclic) bond motifs is 2. The zero-order valence-electron chi connectivity index (χ0n) is 26.1. The average molecular weight is 595 g/mol. The lowest BCUT2D eigenvalue weighted by Gasteiger charge is -2.29. The maximum absolute atomic E-state index is 15.6. The minimum atomic E-state index is -1.37. The van der Waals surface area contributed by atoms with Crippen LogP contribution >= 0.6 is 0 Å². The van der Waals surface area contributed by atoms with E-state index in [0.29, 0.717) is 58.7 Å². The molecule has 0 radical (unpaired) electrons. The van der Waals surface area contributed by atoms with Crippen molar-refractivity contribution in [1.82, 2.24) is 19.8 Å². The summed E-state index contributed by atoms with van der Waals surface area (Å²) in [4.78, 5) is 33.4. The van der Waals surface area contributed by atoms with E-state index in [4.69, 9.17) is 14.5 Å². The fourth-order valence-corrected chi connectivity index (χ4v) is 6.39. The minimum Gasteiger partial charge on any atom is -0.490 e. The van der Waals surface area contributed by atoms with Crippen LogP contribution in [0.1, 0.15) is 85.4 Å². The smallest absolute Gasteiger partial charge is 0.337 e. The van der Waals surface area contributed by atoms with Crippen LogP contribution in [-0.4, -0.2) is 69.8 Å². The number of nitrogens with one attached hydrogen (secondary N) is 1. The van der Waals surface area contributed by atoms with Crippen LogP contribution in [0, 0.1) is 19.7 Å². The lowest BCUT2D eigenvalue weighted by Crippen LogP contribution is -2.38. The molecule has 3 aromatic rings. The molecule has 2 aromatic heterocycles. The van der Waals surface area contributed by atoms with Gasteiger partial charge in [-0.05, 0) is 96.7 Å². The molecule has 10 heteroatoms. The second kappa shape index (κ2) is 12.2. The topological polar surface area (TPSA) is 106 Å². The fourth-order valence-electron chi connectivity index (χ4n) is 6.39. The van der Waals surface area contributed by atoms with Crippen LogP contribution in [0.2, 0.25) is 0 Å². The standard InChI is InChI=1S/C33H43FN4O5/c1-19-21-11-10-16-42-28(21)24(34)17-22(19)27-23-18-25(31(39)35-12-15-38-13-8-7-9-14-38)37(6)30(23)36-20(2)26(27)29(32(40)41)43-33(3,4)5/h17-18,29H,7-16H2,1-6H3,(H,35,39)(H,40,41)/t29-/m0/s1. The first kappa shape index (κ1) is 30.9. The number of carboxylic acid groups (broad SMARTS) is 1. The summed E-state index contributed by atoms with van der Waals surface area (Å²) in [6.07, 6.45) is 3.64. The van der Waals surface area contributed by atoms with E-state index in [1.807, 2.05) is 6.92 Å². The number of aryl methyl sites for hydroxylation is 2. The second-order valence-electron chi connectivity index (χ2n) is 12.7. The van der Waals surface area contributed by atoms with Crippen molar-refractivity contribution in [3.8, 4) is 16.9 Å². The number of aromatic nitrogens is 2. The van der Waals surface area contributed by atoms with Crippen LogP contribution in [0.25, 0.3) is 22.2 Å². The lowest BCUT2D eigenvalue weighted by molar-refractivity contribution is -0.160. The molecule has 0 saturated carbocycles. The van der Waals surface area contributed by atoms with E-state index < -0.39 is 23.5 Å². The van der Waals surface area contributed by atoms with Gasteiger partial charge in [0, 0.05) is 47.9 Å². The van der Waals surface area contributed by atoms with Crippen LogP contribution in [0.15, 0.2) is 12.1 Å². The number of aliphatic carboxylic acids is 1. The van der Waals surface area contributed by atoms with Crippen LogP contribution in [0.4, 0.5) is 4.39 Å². The first-order valence-electron chi connectivity index (χ1n) is 15.2. The van der Waals surface area contributed by atoms with Crippen molar-refractivity contribution in [2.24, 2.45) is 7.05 Å². The number of benzene rings is 1. The first-order valence-corrected chi connectivity index (χ1v) is 15.2. The van der Waals surface area contributed by atoms with Gasteiger partial charge in [0.2, 0.25) is 0 Å². The molecule has 0 aliphatic carbocycles. The number of carbonyl (C=O) groups excluding carboxylic acids is 1. The number of hydrogen-bond donors (Lipinski definition) is 2. The summed E-state index contributed by atoms with van der Waals surface area (Å²) in [7, 11) is 1.77. The maximum Gasteiger partial charge on any atom is 0.337 e. The Bertz CT molecular complexity index is 1550. The molecule has 2 aliphatic heterocycles. The van der Waals surface area contributed by atoms with Crippen LogP contribution in [0.5, 0.6) is 5.75 Å². The van der Waals surface area contributed by atoms with E-state index in [1.165, 1.54) is 25.3 Å². The molecule has 1 fully saturated rings. The predicted molar refractivity (Wildman–Crippen MR) is 163 cm³/mol. The van der Waals surface area contributed by atoms with E-state index in [9.17, 15) is 14.7 Å². The van der Waals surface area contributed by atoms with Crippen LogP contribution in [-0.2, 0) is 23.0 Å². The van der Waals surface area contributed by atoms with Crippen molar-refractivity contribution in [3.05, 3.63) is 46.0 Å². The number of piperidine rings is 1. The summed E-state index contributed by atoms with van der Waals surface area (Å²) in [6.45, 7) is 12.8. The Morgan fingerprint density at radius 3 is 2.56 bits per heavy atom. The number of hydrogen-bond acceptors (Lipinski definition) is 6. The van der Waals surface area contributed by atoms with Gasteiger partial charge in [-0.1, -0.05) is 6.42 Å². The molecule has 4 heterocycles. The summed E-state index contributed by atoms with van der Waals surface area (Å²) in [5.41, 5.74) is 3.51. The Labute approximate surface area is 252 Å². The SMILES string of the molecule is Cc1nc2c(cc(C(=O)NCCN3CCCCC3)n2C)c(-c2cc(F)c3c(c2C)CCCO3)c1[C@H](OC(C)(C)C)C(=O)O. The van der Waals surface area contributed by atoms with Gasteiger partial charge in [-0.2, -0.15) is 0 Å². The molecule has 0 bridgehead atoms. The molecule has 0 spiro atoms. The van der Waals surface area contributed by atoms with Crippen molar-refractivity contribution in [2.45, 2.75) is 78.4 Å². The Kier molecular flexibility index (Phi) is 8.81. The molecule has 1 atom stereocenters. The molecular weight excluding hydrogens is 551 g/mol. The van der Waals surface area contributed by atoms with E-state index in [1.54, 1.807) is 45.4 Å². The van der Waals surface area contributed by atoms with E-state index in [0.717, 1.165) is 37.2 Å². The average Bonchev–Trinajstić information content (AvgIpc) is 3.29. The van der Waals surface area contributed by atoms with Gasteiger partial charge >= 0.3 is 5.97 Å². The molecule has 9 nitrogen and oxygen atoms in total. The molecule has 1 amide bonds. The predicted octanol–water partition coefficient (Wildman–Crippen LogP) is 5.48. The summed E-state index contributed by atoms with van der Waals surface area (Å²) < 4.78 is 29.1. The van der Waals surface area contributed by atoms with Gasteiger partial charge in [-0.3, -0.25) is 4.79 Å². The number of likely N-dealkylation sites (tertiary alicyclic amines) is 1. The largest absolute Gasteiger partial charge is 0.490 e. The Hall–Kier alpha value is -3.50. The highest BCUT2D eigenvalue weighted by molar-refractivity contribution is 6.04. The van der Waals surface area contributed by atoms with Crippen molar-refractivity contribution < 1.29 is 28.6 Å². The summed E-state index contributed by atoms with van der Waals surface area (Å²) in [5.74, 6) is -1.67. The zero-order valence-corrected chi connectivity index (χ0v) is 26.1. The molecule has 43 heavy (non-hydrogen) atoms.